The monoisotopic (exact) mass is 211 g/mol. The molecule has 0 unspecified atom stereocenters. The molecular weight excluding hydrogens is 202 g/mol. The molecule has 0 atom stereocenters. The first-order valence-electron chi connectivity index (χ1n) is 4.67. The number of aromatic hydroxyl groups is 1. The normalized spacial score (nSPS) is 9.69. The molecular formula is C12H9N3O. The zero-order chi connectivity index (χ0) is 11.5. The number of aromatic nitrogens is 1. The van der Waals surface area contributed by atoms with Crippen molar-refractivity contribution < 1.29 is 5.11 Å². The van der Waals surface area contributed by atoms with Crippen LogP contribution in [0.5, 0.6) is 5.75 Å². The zero-order valence-corrected chi connectivity index (χ0v) is 8.38. The molecule has 16 heavy (non-hydrogen) atoms. The smallest absolute Gasteiger partial charge is 0.142 e. The van der Waals surface area contributed by atoms with Gasteiger partial charge in [-0.2, -0.15) is 5.26 Å². The van der Waals surface area contributed by atoms with Gasteiger partial charge in [0, 0.05) is 5.56 Å². The second kappa shape index (κ2) is 3.91. The molecule has 2 aromatic rings. The number of nitriles is 1. The summed E-state index contributed by atoms with van der Waals surface area (Å²) in [6.45, 7) is 0. The predicted octanol–water partition coefficient (Wildman–Crippen LogP) is 1.91. The first-order chi connectivity index (χ1) is 7.70. The van der Waals surface area contributed by atoms with Crippen molar-refractivity contribution >= 4 is 5.82 Å². The fourth-order valence-corrected chi connectivity index (χ4v) is 1.36. The molecule has 0 bridgehead atoms. The molecule has 4 nitrogen and oxygen atoms in total. The molecule has 0 aliphatic rings. The van der Waals surface area contributed by atoms with Crippen LogP contribution in [0, 0.1) is 11.3 Å². The lowest BCUT2D eigenvalue weighted by Crippen LogP contribution is -1.95. The van der Waals surface area contributed by atoms with Gasteiger partial charge in [0.1, 0.15) is 17.6 Å². The van der Waals surface area contributed by atoms with E-state index < -0.39 is 0 Å². The number of pyridine rings is 1. The Kier molecular flexibility index (Phi) is 2.44. The Bertz CT molecular complexity index is 555. The SMILES string of the molecule is N#Cc1ccc(-c2ccc(O)cc2)nc1N. The van der Waals surface area contributed by atoms with Crippen LogP contribution in [-0.2, 0) is 0 Å². The summed E-state index contributed by atoms with van der Waals surface area (Å²) in [6.07, 6.45) is 0. The topological polar surface area (TPSA) is 82.9 Å². The van der Waals surface area contributed by atoms with Crippen LogP contribution in [-0.4, -0.2) is 10.1 Å². The highest BCUT2D eigenvalue weighted by Crippen LogP contribution is 2.21. The lowest BCUT2D eigenvalue weighted by atomic mass is 10.1. The average molecular weight is 211 g/mol. The lowest BCUT2D eigenvalue weighted by molar-refractivity contribution is 0.475. The van der Waals surface area contributed by atoms with Crippen LogP contribution in [0.4, 0.5) is 5.82 Å². The molecule has 0 aliphatic carbocycles. The maximum absolute atomic E-state index is 9.15. The van der Waals surface area contributed by atoms with Crippen LogP contribution in [0.3, 0.4) is 0 Å². The van der Waals surface area contributed by atoms with Gasteiger partial charge in [0.2, 0.25) is 0 Å². The summed E-state index contributed by atoms with van der Waals surface area (Å²) < 4.78 is 0. The number of phenols is 1. The number of nitrogens with two attached hydrogens (primary N) is 1. The molecule has 0 saturated heterocycles. The van der Waals surface area contributed by atoms with Gasteiger partial charge in [-0.25, -0.2) is 4.98 Å². The Balaban J connectivity index is 2.46. The van der Waals surface area contributed by atoms with E-state index in [1.54, 1.807) is 36.4 Å². The third kappa shape index (κ3) is 1.79. The van der Waals surface area contributed by atoms with E-state index in [1.165, 1.54) is 0 Å². The minimum absolute atomic E-state index is 0.199. The maximum atomic E-state index is 9.15. The zero-order valence-electron chi connectivity index (χ0n) is 8.38. The average Bonchev–Trinajstić information content (AvgIpc) is 2.30. The highest BCUT2D eigenvalue weighted by atomic mass is 16.3. The van der Waals surface area contributed by atoms with Crippen molar-refractivity contribution in [1.82, 2.24) is 4.98 Å². The summed E-state index contributed by atoms with van der Waals surface area (Å²) in [4.78, 5) is 4.12. The van der Waals surface area contributed by atoms with Gasteiger partial charge in [-0.1, -0.05) is 0 Å². The van der Waals surface area contributed by atoms with Crippen LogP contribution in [0.1, 0.15) is 5.56 Å². The Labute approximate surface area is 92.6 Å². The van der Waals surface area contributed by atoms with E-state index in [0.717, 1.165) is 5.56 Å². The number of rotatable bonds is 1. The lowest BCUT2D eigenvalue weighted by Gasteiger charge is -2.03. The second-order valence-electron chi connectivity index (χ2n) is 3.29. The van der Waals surface area contributed by atoms with Crippen molar-refractivity contribution in [3.8, 4) is 23.1 Å². The summed E-state index contributed by atoms with van der Waals surface area (Å²) in [7, 11) is 0. The van der Waals surface area contributed by atoms with Gasteiger partial charge in [0.15, 0.2) is 0 Å². The van der Waals surface area contributed by atoms with Gasteiger partial charge >= 0.3 is 0 Å². The van der Waals surface area contributed by atoms with Crippen LogP contribution < -0.4 is 5.73 Å². The second-order valence-corrected chi connectivity index (χ2v) is 3.29. The van der Waals surface area contributed by atoms with Crippen molar-refractivity contribution in [2.24, 2.45) is 0 Å². The van der Waals surface area contributed by atoms with Crippen LogP contribution in [0.15, 0.2) is 36.4 Å². The number of hydrogen-bond acceptors (Lipinski definition) is 4. The van der Waals surface area contributed by atoms with E-state index in [1.807, 2.05) is 6.07 Å². The molecule has 0 aliphatic heterocycles. The molecule has 2 rings (SSSR count). The largest absolute Gasteiger partial charge is 0.508 e. The molecule has 1 heterocycles. The van der Waals surface area contributed by atoms with Crippen LogP contribution >= 0.6 is 0 Å². The molecule has 0 amide bonds. The number of hydrogen-bond donors (Lipinski definition) is 2. The van der Waals surface area contributed by atoms with Gasteiger partial charge in [-0.15, -0.1) is 0 Å². The number of nitrogen functional groups attached to an aromatic ring is 1. The van der Waals surface area contributed by atoms with Crippen molar-refractivity contribution in [3.63, 3.8) is 0 Å². The molecule has 1 aromatic carbocycles. The Morgan fingerprint density at radius 1 is 1.12 bits per heavy atom. The van der Waals surface area contributed by atoms with E-state index in [4.69, 9.17) is 16.1 Å². The van der Waals surface area contributed by atoms with Gasteiger partial charge < -0.3 is 10.8 Å². The minimum atomic E-state index is 0.199. The Morgan fingerprint density at radius 3 is 2.38 bits per heavy atom. The molecule has 1 aromatic heterocycles. The van der Waals surface area contributed by atoms with Crippen molar-refractivity contribution in [2.75, 3.05) is 5.73 Å². The maximum Gasteiger partial charge on any atom is 0.142 e. The summed E-state index contributed by atoms with van der Waals surface area (Å²) in [5, 5.41) is 17.9. The highest BCUT2D eigenvalue weighted by molar-refractivity contribution is 5.64. The minimum Gasteiger partial charge on any atom is -0.508 e. The quantitative estimate of drug-likeness (QED) is 0.754. The van der Waals surface area contributed by atoms with E-state index in [2.05, 4.69) is 4.98 Å². The van der Waals surface area contributed by atoms with Gasteiger partial charge in [0.05, 0.1) is 11.3 Å². The number of benzene rings is 1. The Morgan fingerprint density at radius 2 is 1.81 bits per heavy atom. The summed E-state index contributed by atoms with van der Waals surface area (Å²) in [6, 6.07) is 11.9. The molecule has 0 saturated carbocycles. The molecule has 0 spiro atoms. The highest BCUT2D eigenvalue weighted by Gasteiger charge is 2.03. The number of phenolic OH excluding ortho intramolecular Hbond substituents is 1. The summed E-state index contributed by atoms with van der Waals surface area (Å²) >= 11 is 0. The van der Waals surface area contributed by atoms with Gasteiger partial charge in [-0.3, -0.25) is 0 Å². The van der Waals surface area contributed by atoms with Crippen molar-refractivity contribution in [3.05, 3.63) is 42.0 Å². The van der Waals surface area contributed by atoms with Crippen molar-refractivity contribution in [1.29, 1.82) is 5.26 Å². The fraction of sp³-hybridized carbons (Fsp3) is 0. The summed E-state index contributed by atoms with van der Waals surface area (Å²) in [5.41, 5.74) is 7.50. The van der Waals surface area contributed by atoms with Gasteiger partial charge in [0.25, 0.3) is 0 Å². The van der Waals surface area contributed by atoms with Crippen LogP contribution in [0.2, 0.25) is 0 Å². The number of anilines is 1. The number of nitrogens with zero attached hydrogens (tertiary/aromatic N) is 2. The van der Waals surface area contributed by atoms with E-state index in [0.29, 0.717) is 11.3 Å². The van der Waals surface area contributed by atoms with Crippen LogP contribution in [0.25, 0.3) is 11.3 Å². The third-order valence-corrected chi connectivity index (χ3v) is 2.21. The Hall–Kier alpha value is -2.54. The van der Waals surface area contributed by atoms with E-state index >= 15 is 0 Å². The molecule has 0 radical (unpaired) electrons. The van der Waals surface area contributed by atoms with Gasteiger partial charge in [-0.05, 0) is 36.4 Å². The molecule has 78 valence electrons. The van der Waals surface area contributed by atoms with E-state index in [9.17, 15) is 0 Å². The fourth-order valence-electron chi connectivity index (χ4n) is 1.36. The molecule has 0 fully saturated rings. The van der Waals surface area contributed by atoms with E-state index in [-0.39, 0.29) is 11.6 Å². The first kappa shape index (κ1) is 9.99. The molecule has 4 heteroatoms. The standard InChI is InChI=1S/C12H9N3O/c13-7-9-3-6-11(15-12(9)14)8-1-4-10(16)5-2-8/h1-6,16H,(H2,14,15). The third-order valence-electron chi connectivity index (χ3n) is 2.21. The summed E-state index contributed by atoms with van der Waals surface area (Å²) in [5.74, 6) is 0.415. The predicted molar refractivity (Wildman–Crippen MR) is 60.5 cm³/mol. The van der Waals surface area contributed by atoms with Crippen molar-refractivity contribution in [2.45, 2.75) is 0 Å². The molecule has 3 N–H and O–H groups in total. The first-order valence-corrected chi connectivity index (χ1v) is 4.67.